The first-order valence-corrected chi connectivity index (χ1v) is 9.04. The van der Waals surface area contributed by atoms with Gasteiger partial charge in [0.05, 0.1) is 28.7 Å². The first-order chi connectivity index (χ1) is 11.5. The van der Waals surface area contributed by atoms with Crippen molar-refractivity contribution in [1.29, 1.82) is 0 Å². The first-order valence-electron chi connectivity index (χ1n) is 8.16. The van der Waals surface area contributed by atoms with E-state index in [0.717, 1.165) is 37.2 Å². The highest BCUT2D eigenvalue weighted by molar-refractivity contribution is 7.12. The van der Waals surface area contributed by atoms with Gasteiger partial charge in [0.15, 0.2) is 0 Å². The van der Waals surface area contributed by atoms with Gasteiger partial charge in [-0.05, 0) is 45.2 Å². The molecule has 3 rings (SSSR count). The van der Waals surface area contributed by atoms with Crippen LogP contribution >= 0.6 is 11.3 Å². The minimum absolute atomic E-state index is 0.0151. The van der Waals surface area contributed by atoms with Gasteiger partial charge in [-0.15, -0.1) is 11.3 Å². The highest BCUT2D eigenvalue weighted by Crippen LogP contribution is 2.24. The number of aromatic nitrogens is 2. The lowest BCUT2D eigenvalue weighted by Crippen LogP contribution is -2.45. The van der Waals surface area contributed by atoms with Gasteiger partial charge in [0.2, 0.25) is 5.91 Å². The number of hydrogen-bond acceptors (Lipinski definition) is 4. The van der Waals surface area contributed by atoms with Crippen molar-refractivity contribution < 1.29 is 9.59 Å². The lowest BCUT2D eigenvalue weighted by atomic mass is 10.0. The second-order valence-electron chi connectivity index (χ2n) is 6.32. The van der Waals surface area contributed by atoms with Crippen molar-refractivity contribution in [1.82, 2.24) is 14.7 Å². The molecule has 0 spiro atoms. The minimum Gasteiger partial charge on any atom is -0.366 e. The van der Waals surface area contributed by atoms with Crippen molar-refractivity contribution >= 4 is 23.2 Å². The third kappa shape index (κ3) is 3.36. The number of piperidine rings is 1. The Morgan fingerprint density at radius 2 is 2.12 bits per heavy atom. The lowest BCUT2D eigenvalue weighted by molar-refractivity contribution is 0.0588. The van der Waals surface area contributed by atoms with Gasteiger partial charge in [0, 0.05) is 17.6 Å². The Bertz CT molecular complexity index is 764. The minimum atomic E-state index is -0.497. The number of likely N-dealkylation sites (tertiary alicyclic amines) is 1. The fraction of sp³-hybridized carbons (Fsp3) is 0.471. The number of carbonyl (C=O) groups is 2. The molecule has 1 aliphatic rings. The Morgan fingerprint density at radius 3 is 2.75 bits per heavy atom. The highest BCUT2D eigenvalue weighted by atomic mass is 32.1. The summed E-state index contributed by atoms with van der Waals surface area (Å²) in [6, 6.07) is 3.78. The zero-order valence-electron chi connectivity index (χ0n) is 14.0. The average molecular weight is 346 g/mol. The summed E-state index contributed by atoms with van der Waals surface area (Å²) in [5.41, 5.74) is 7.78. The van der Waals surface area contributed by atoms with Crippen LogP contribution in [0.15, 0.2) is 17.5 Å². The van der Waals surface area contributed by atoms with E-state index in [1.807, 2.05) is 29.5 Å². The fourth-order valence-electron chi connectivity index (χ4n) is 3.24. The molecule has 0 unspecified atom stereocenters. The second-order valence-corrected chi connectivity index (χ2v) is 7.23. The summed E-state index contributed by atoms with van der Waals surface area (Å²) in [6.07, 6.45) is 3.09. The molecule has 1 aliphatic heterocycles. The van der Waals surface area contributed by atoms with E-state index < -0.39 is 5.91 Å². The van der Waals surface area contributed by atoms with Gasteiger partial charge in [-0.25, -0.2) is 0 Å². The second kappa shape index (κ2) is 6.76. The predicted molar refractivity (Wildman–Crippen MR) is 93.2 cm³/mol. The fourth-order valence-corrected chi connectivity index (χ4v) is 4.09. The van der Waals surface area contributed by atoms with Gasteiger partial charge < -0.3 is 10.6 Å². The molecule has 1 atom stereocenters. The molecule has 1 fully saturated rings. The summed E-state index contributed by atoms with van der Waals surface area (Å²) in [6.45, 7) is 5.46. The maximum atomic E-state index is 12.9. The van der Waals surface area contributed by atoms with E-state index in [1.54, 1.807) is 11.4 Å². The first kappa shape index (κ1) is 16.7. The lowest BCUT2D eigenvalue weighted by Gasteiger charge is -2.35. The zero-order chi connectivity index (χ0) is 17.3. The van der Waals surface area contributed by atoms with Gasteiger partial charge in [-0.3, -0.25) is 14.3 Å². The quantitative estimate of drug-likeness (QED) is 0.923. The molecule has 2 N–H and O–H groups in total. The van der Waals surface area contributed by atoms with Gasteiger partial charge in [0.25, 0.3) is 5.91 Å². The third-order valence-electron chi connectivity index (χ3n) is 4.47. The number of aryl methyl sites for hydroxylation is 2. The standard InChI is InChI=1S/C17H22N4O2S/c1-11-7-12(2)21(19-11)9-14-5-3-4-6-20(14)17(23)15-8-13(10-24-15)16(18)22/h7-8,10,14H,3-6,9H2,1-2H3,(H2,18,22)/t14-/m0/s1. The van der Waals surface area contributed by atoms with Crippen LogP contribution in [-0.4, -0.2) is 39.1 Å². The monoisotopic (exact) mass is 346 g/mol. The molecule has 2 aromatic rings. The molecule has 0 aromatic carbocycles. The van der Waals surface area contributed by atoms with Crippen LogP contribution in [0, 0.1) is 13.8 Å². The molecular weight excluding hydrogens is 324 g/mol. The van der Waals surface area contributed by atoms with Crippen molar-refractivity contribution in [2.45, 2.75) is 45.7 Å². The van der Waals surface area contributed by atoms with E-state index in [2.05, 4.69) is 5.10 Å². The Kier molecular flexibility index (Phi) is 4.71. The predicted octanol–water partition coefficient (Wildman–Crippen LogP) is 2.36. The Hall–Kier alpha value is -2.15. The molecule has 1 saturated heterocycles. The van der Waals surface area contributed by atoms with Crippen molar-refractivity contribution in [3.63, 3.8) is 0 Å². The number of hydrogen-bond donors (Lipinski definition) is 1. The van der Waals surface area contributed by atoms with Gasteiger partial charge in [-0.2, -0.15) is 5.10 Å². The van der Waals surface area contributed by atoms with Crippen molar-refractivity contribution in [2.24, 2.45) is 5.73 Å². The summed E-state index contributed by atoms with van der Waals surface area (Å²) in [5, 5.41) is 6.17. The third-order valence-corrected chi connectivity index (χ3v) is 5.39. The van der Waals surface area contributed by atoms with E-state index in [0.29, 0.717) is 17.0 Å². The molecule has 2 amide bonds. The van der Waals surface area contributed by atoms with Crippen molar-refractivity contribution in [2.75, 3.05) is 6.54 Å². The van der Waals surface area contributed by atoms with Gasteiger partial charge >= 0.3 is 0 Å². The molecule has 128 valence electrons. The highest BCUT2D eigenvalue weighted by Gasteiger charge is 2.29. The summed E-state index contributed by atoms with van der Waals surface area (Å²) in [5.74, 6) is -0.512. The molecule has 6 nitrogen and oxygen atoms in total. The molecule has 0 aliphatic carbocycles. The molecule has 0 bridgehead atoms. The number of rotatable bonds is 4. The molecule has 0 radical (unpaired) electrons. The normalized spacial score (nSPS) is 17.9. The number of primary amides is 1. The van der Waals surface area contributed by atoms with Crippen LogP contribution in [-0.2, 0) is 6.54 Å². The maximum absolute atomic E-state index is 12.9. The van der Waals surface area contributed by atoms with E-state index in [1.165, 1.54) is 11.3 Å². The Labute approximate surface area is 145 Å². The summed E-state index contributed by atoms with van der Waals surface area (Å²) < 4.78 is 1.98. The van der Waals surface area contributed by atoms with E-state index in [4.69, 9.17) is 5.73 Å². The average Bonchev–Trinajstić information content (AvgIpc) is 3.14. The van der Waals surface area contributed by atoms with Gasteiger partial charge in [0.1, 0.15) is 0 Å². The molecule has 0 saturated carbocycles. The van der Waals surface area contributed by atoms with E-state index in [9.17, 15) is 9.59 Å². The van der Waals surface area contributed by atoms with Crippen LogP contribution in [0.5, 0.6) is 0 Å². The largest absolute Gasteiger partial charge is 0.366 e. The maximum Gasteiger partial charge on any atom is 0.264 e. The molecule has 2 aromatic heterocycles. The van der Waals surface area contributed by atoms with Crippen LogP contribution in [0.2, 0.25) is 0 Å². The van der Waals surface area contributed by atoms with Crippen molar-refractivity contribution in [3.05, 3.63) is 39.3 Å². The number of nitrogens with zero attached hydrogens (tertiary/aromatic N) is 3. The van der Waals surface area contributed by atoms with Crippen LogP contribution in [0.4, 0.5) is 0 Å². The molecule has 3 heterocycles. The number of carbonyl (C=O) groups excluding carboxylic acids is 2. The Balaban J connectivity index is 1.79. The smallest absolute Gasteiger partial charge is 0.264 e. The van der Waals surface area contributed by atoms with E-state index >= 15 is 0 Å². The van der Waals surface area contributed by atoms with Crippen LogP contribution in [0.3, 0.4) is 0 Å². The zero-order valence-corrected chi connectivity index (χ0v) is 14.8. The van der Waals surface area contributed by atoms with Crippen LogP contribution < -0.4 is 5.73 Å². The Morgan fingerprint density at radius 1 is 1.33 bits per heavy atom. The van der Waals surface area contributed by atoms with E-state index in [-0.39, 0.29) is 11.9 Å². The summed E-state index contributed by atoms with van der Waals surface area (Å²) in [4.78, 5) is 26.6. The number of amides is 2. The van der Waals surface area contributed by atoms with Crippen LogP contribution in [0.25, 0.3) is 0 Å². The van der Waals surface area contributed by atoms with Gasteiger partial charge in [-0.1, -0.05) is 0 Å². The molecule has 7 heteroatoms. The van der Waals surface area contributed by atoms with Crippen LogP contribution in [0.1, 0.15) is 50.7 Å². The topological polar surface area (TPSA) is 81.2 Å². The SMILES string of the molecule is Cc1cc(C)n(C[C@@H]2CCCCN2C(=O)c2cc(C(N)=O)cs2)n1. The molecule has 24 heavy (non-hydrogen) atoms. The summed E-state index contributed by atoms with van der Waals surface area (Å²) >= 11 is 1.28. The summed E-state index contributed by atoms with van der Waals surface area (Å²) in [7, 11) is 0. The number of thiophene rings is 1. The number of nitrogens with two attached hydrogens (primary N) is 1. The van der Waals surface area contributed by atoms with Crippen molar-refractivity contribution in [3.8, 4) is 0 Å². The molecular formula is C17H22N4O2S.